The molecule has 0 amide bonds. The van der Waals surface area contributed by atoms with Crippen LogP contribution in [0, 0.1) is 5.82 Å². The molecule has 0 bridgehead atoms. The van der Waals surface area contributed by atoms with E-state index in [0.717, 1.165) is 18.5 Å². The highest BCUT2D eigenvalue weighted by Gasteiger charge is 2.35. The molecule has 0 saturated heterocycles. The minimum Gasteiger partial charge on any atom is -0.423 e. The Bertz CT molecular complexity index is 493. The van der Waals surface area contributed by atoms with Crippen LogP contribution in [-0.4, -0.2) is 10.2 Å². The van der Waals surface area contributed by atoms with Crippen LogP contribution >= 0.6 is 0 Å². The Hall–Kier alpha value is -1.92. The van der Waals surface area contributed by atoms with Gasteiger partial charge in [0.05, 0.1) is 11.1 Å². The van der Waals surface area contributed by atoms with Crippen LogP contribution in [0.25, 0.3) is 11.5 Å². The molecule has 7 heteroatoms. The Labute approximate surface area is 86.7 Å². The zero-order valence-corrected chi connectivity index (χ0v) is 7.62. The van der Waals surface area contributed by atoms with Crippen molar-refractivity contribution in [1.82, 2.24) is 10.2 Å². The minimum atomic E-state index is -4.67. The summed E-state index contributed by atoms with van der Waals surface area (Å²) in [6, 6.07) is 2.24. The number of hydrogen-bond donors (Lipinski definition) is 0. The molecule has 1 aromatic carbocycles. The van der Waals surface area contributed by atoms with E-state index in [1.165, 1.54) is 0 Å². The first-order valence-corrected chi connectivity index (χ1v) is 4.12. The fourth-order valence-electron chi connectivity index (χ4n) is 1.23. The van der Waals surface area contributed by atoms with Crippen molar-refractivity contribution in [3.05, 3.63) is 36.0 Å². The van der Waals surface area contributed by atoms with Gasteiger partial charge in [0, 0.05) is 0 Å². The topological polar surface area (TPSA) is 38.9 Å². The van der Waals surface area contributed by atoms with E-state index < -0.39 is 17.6 Å². The van der Waals surface area contributed by atoms with Gasteiger partial charge in [0.25, 0.3) is 0 Å². The normalized spacial score (nSPS) is 11.8. The Morgan fingerprint density at radius 2 is 1.94 bits per heavy atom. The molecular weight excluding hydrogens is 228 g/mol. The molecule has 84 valence electrons. The Morgan fingerprint density at radius 1 is 1.19 bits per heavy atom. The molecule has 0 aliphatic rings. The van der Waals surface area contributed by atoms with Crippen molar-refractivity contribution in [2.45, 2.75) is 6.18 Å². The smallest absolute Gasteiger partial charge is 0.417 e. The van der Waals surface area contributed by atoms with Gasteiger partial charge in [-0.2, -0.15) is 13.2 Å². The number of hydrogen-bond acceptors (Lipinski definition) is 3. The molecule has 0 unspecified atom stereocenters. The van der Waals surface area contributed by atoms with Crippen LogP contribution in [0.3, 0.4) is 0 Å². The second-order valence-corrected chi connectivity index (χ2v) is 2.93. The van der Waals surface area contributed by atoms with E-state index >= 15 is 0 Å². The van der Waals surface area contributed by atoms with Crippen LogP contribution in [-0.2, 0) is 6.18 Å². The highest BCUT2D eigenvalue weighted by molar-refractivity contribution is 5.59. The van der Waals surface area contributed by atoms with E-state index in [1.54, 1.807) is 0 Å². The van der Waals surface area contributed by atoms with E-state index in [1.807, 2.05) is 0 Å². The predicted octanol–water partition coefficient (Wildman–Crippen LogP) is 2.89. The summed E-state index contributed by atoms with van der Waals surface area (Å²) in [6.07, 6.45) is -3.77. The van der Waals surface area contributed by atoms with Crippen molar-refractivity contribution in [3.63, 3.8) is 0 Å². The maximum atomic E-state index is 12.8. The van der Waals surface area contributed by atoms with E-state index in [4.69, 9.17) is 0 Å². The van der Waals surface area contributed by atoms with E-state index in [-0.39, 0.29) is 11.5 Å². The summed E-state index contributed by atoms with van der Waals surface area (Å²) in [7, 11) is 0. The number of benzene rings is 1. The second kappa shape index (κ2) is 3.58. The fraction of sp³-hybridized carbons (Fsp3) is 0.111. The monoisotopic (exact) mass is 232 g/mol. The van der Waals surface area contributed by atoms with Crippen LogP contribution in [0.4, 0.5) is 17.6 Å². The Morgan fingerprint density at radius 3 is 2.50 bits per heavy atom. The van der Waals surface area contributed by atoms with Crippen molar-refractivity contribution in [1.29, 1.82) is 0 Å². The summed E-state index contributed by atoms with van der Waals surface area (Å²) in [5.74, 6) is -1.28. The largest absolute Gasteiger partial charge is 0.423 e. The minimum absolute atomic E-state index is 0.299. The third kappa shape index (κ3) is 1.88. The van der Waals surface area contributed by atoms with Gasteiger partial charge in [-0.15, -0.1) is 10.2 Å². The lowest BCUT2D eigenvalue weighted by molar-refractivity contribution is -0.137. The summed E-state index contributed by atoms with van der Waals surface area (Å²) < 4.78 is 55.1. The van der Waals surface area contributed by atoms with Crippen molar-refractivity contribution >= 4 is 0 Å². The lowest BCUT2D eigenvalue weighted by atomic mass is 10.1. The molecule has 1 aromatic heterocycles. The van der Waals surface area contributed by atoms with Crippen molar-refractivity contribution < 1.29 is 22.0 Å². The Kier molecular flexibility index (Phi) is 2.37. The van der Waals surface area contributed by atoms with Gasteiger partial charge in [0.2, 0.25) is 12.3 Å². The highest BCUT2D eigenvalue weighted by atomic mass is 19.4. The summed E-state index contributed by atoms with van der Waals surface area (Å²) >= 11 is 0. The van der Waals surface area contributed by atoms with Gasteiger partial charge in [0.1, 0.15) is 5.82 Å². The van der Waals surface area contributed by atoms with Crippen molar-refractivity contribution in [2.75, 3.05) is 0 Å². The molecule has 0 saturated carbocycles. The number of aromatic nitrogens is 2. The number of rotatable bonds is 1. The van der Waals surface area contributed by atoms with Gasteiger partial charge >= 0.3 is 6.18 Å². The average molecular weight is 232 g/mol. The fourth-order valence-corrected chi connectivity index (χ4v) is 1.23. The van der Waals surface area contributed by atoms with Gasteiger partial charge in [-0.05, 0) is 18.2 Å². The average Bonchev–Trinajstić information content (AvgIpc) is 2.69. The third-order valence-electron chi connectivity index (χ3n) is 1.88. The zero-order chi connectivity index (χ0) is 11.8. The molecule has 3 nitrogen and oxygen atoms in total. The molecule has 0 radical (unpaired) electrons. The van der Waals surface area contributed by atoms with Crippen molar-refractivity contribution in [3.8, 4) is 11.5 Å². The second-order valence-electron chi connectivity index (χ2n) is 2.93. The Balaban J connectivity index is 2.62. The summed E-state index contributed by atoms with van der Waals surface area (Å²) in [5, 5.41) is 6.62. The SMILES string of the molecule is Fc1ccc(-c2nnco2)c(C(F)(F)F)c1. The third-order valence-corrected chi connectivity index (χ3v) is 1.88. The quantitative estimate of drug-likeness (QED) is 0.709. The molecule has 0 fully saturated rings. The summed E-state index contributed by atoms with van der Waals surface area (Å²) in [5.41, 5.74) is -1.48. The number of alkyl halides is 3. The van der Waals surface area contributed by atoms with Crippen LogP contribution in [0.1, 0.15) is 5.56 Å². The summed E-state index contributed by atoms with van der Waals surface area (Å²) in [4.78, 5) is 0. The van der Waals surface area contributed by atoms with Crippen molar-refractivity contribution in [2.24, 2.45) is 0 Å². The molecule has 2 aromatic rings. The van der Waals surface area contributed by atoms with Gasteiger partial charge in [0.15, 0.2) is 0 Å². The summed E-state index contributed by atoms with van der Waals surface area (Å²) in [6.45, 7) is 0. The van der Waals surface area contributed by atoms with Gasteiger partial charge in [-0.3, -0.25) is 0 Å². The first kappa shape index (κ1) is 10.6. The molecule has 0 atom stereocenters. The molecule has 2 rings (SSSR count). The first-order valence-electron chi connectivity index (χ1n) is 4.12. The van der Waals surface area contributed by atoms with E-state index in [0.29, 0.717) is 6.07 Å². The first-order chi connectivity index (χ1) is 7.48. The van der Waals surface area contributed by atoms with Gasteiger partial charge in [-0.25, -0.2) is 4.39 Å². The number of halogens is 4. The highest BCUT2D eigenvalue weighted by Crippen LogP contribution is 2.36. The maximum Gasteiger partial charge on any atom is 0.417 e. The lowest BCUT2D eigenvalue weighted by Gasteiger charge is -2.09. The van der Waals surface area contributed by atoms with E-state index in [9.17, 15) is 17.6 Å². The number of nitrogens with zero attached hydrogens (tertiary/aromatic N) is 2. The molecule has 0 N–H and O–H groups in total. The predicted molar refractivity (Wildman–Crippen MR) is 44.7 cm³/mol. The van der Waals surface area contributed by atoms with Crippen LogP contribution in [0.5, 0.6) is 0 Å². The molecule has 1 heterocycles. The van der Waals surface area contributed by atoms with Crippen LogP contribution in [0.2, 0.25) is 0 Å². The molecule has 16 heavy (non-hydrogen) atoms. The van der Waals surface area contributed by atoms with Gasteiger partial charge in [-0.1, -0.05) is 0 Å². The lowest BCUT2D eigenvalue weighted by Crippen LogP contribution is -2.07. The molecule has 0 spiro atoms. The van der Waals surface area contributed by atoms with Crippen LogP contribution in [0.15, 0.2) is 29.0 Å². The molecular formula is C9H4F4N2O. The van der Waals surface area contributed by atoms with E-state index in [2.05, 4.69) is 14.6 Å². The zero-order valence-electron chi connectivity index (χ0n) is 7.62. The standard InChI is InChI=1S/C9H4F4N2O/c10-5-1-2-6(8-15-14-4-16-8)7(3-5)9(11,12)13/h1-4H. The van der Waals surface area contributed by atoms with Crippen LogP contribution < -0.4 is 0 Å². The molecule has 0 aliphatic heterocycles. The van der Waals surface area contributed by atoms with Gasteiger partial charge < -0.3 is 4.42 Å². The molecule has 0 aliphatic carbocycles. The maximum absolute atomic E-state index is 12.8.